The van der Waals surface area contributed by atoms with E-state index in [-0.39, 0.29) is 11.4 Å². The summed E-state index contributed by atoms with van der Waals surface area (Å²) in [7, 11) is 0. The molecule has 0 fully saturated rings. The van der Waals surface area contributed by atoms with Crippen molar-refractivity contribution in [2.75, 3.05) is 0 Å². The maximum atomic E-state index is 12.3. The van der Waals surface area contributed by atoms with Crippen molar-refractivity contribution in [1.82, 2.24) is 15.2 Å². The number of carbonyl (C=O) groups excluding carboxylic acids is 1. The molecule has 166 valence electrons. The first-order chi connectivity index (χ1) is 15.9. The fourth-order valence-corrected chi connectivity index (χ4v) is 3.28. The second-order valence-electron chi connectivity index (χ2n) is 6.85. The number of nitro groups is 1. The van der Waals surface area contributed by atoms with Crippen molar-refractivity contribution < 1.29 is 14.1 Å². The molecule has 0 bridgehead atoms. The largest absolute Gasteiger partial charge is 0.455 e. The Bertz CT molecular complexity index is 1350. The highest BCUT2D eigenvalue weighted by molar-refractivity contribution is 6.33. The van der Waals surface area contributed by atoms with Gasteiger partial charge in [0.25, 0.3) is 11.6 Å². The molecule has 0 atom stereocenters. The number of amides is 1. The molecule has 11 heteroatoms. The van der Waals surface area contributed by atoms with E-state index in [1.807, 2.05) is 12.1 Å². The first-order valence-corrected chi connectivity index (χ1v) is 10.3. The van der Waals surface area contributed by atoms with Crippen molar-refractivity contribution in [1.29, 1.82) is 0 Å². The molecule has 2 heterocycles. The van der Waals surface area contributed by atoms with Gasteiger partial charge in [0.2, 0.25) is 0 Å². The van der Waals surface area contributed by atoms with Crippen LogP contribution in [0.5, 0.6) is 0 Å². The van der Waals surface area contributed by atoms with Crippen LogP contribution in [-0.4, -0.2) is 26.8 Å². The quantitative estimate of drug-likeness (QED) is 0.221. The van der Waals surface area contributed by atoms with Gasteiger partial charge in [-0.2, -0.15) is 10.2 Å². The summed E-state index contributed by atoms with van der Waals surface area (Å²) in [6, 6.07) is 16.2. The highest BCUT2D eigenvalue weighted by Crippen LogP contribution is 2.32. The molecular weight excluding hydrogens is 469 g/mol. The van der Waals surface area contributed by atoms with Gasteiger partial charge in [0.15, 0.2) is 5.69 Å². The minimum atomic E-state index is -0.516. The lowest BCUT2D eigenvalue weighted by molar-refractivity contribution is -0.384. The second kappa shape index (κ2) is 9.68. The third kappa shape index (κ3) is 5.46. The average Bonchev–Trinajstić information content (AvgIpc) is 3.45. The zero-order valence-corrected chi connectivity index (χ0v) is 18.3. The predicted octanol–water partition coefficient (Wildman–Crippen LogP) is 5.17. The maximum Gasteiger partial charge on any atom is 0.291 e. The summed E-state index contributed by atoms with van der Waals surface area (Å²) in [5.74, 6) is 0.160. The number of carbonyl (C=O) groups is 1. The van der Waals surface area contributed by atoms with Crippen molar-refractivity contribution in [3.63, 3.8) is 0 Å². The Balaban J connectivity index is 1.38. The number of aromatic nitrogens is 2. The molecule has 0 saturated heterocycles. The van der Waals surface area contributed by atoms with E-state index < -0.39 is 10.8 Å². The topological polar surface area (TPSA) is 116 Å². The van der Waals surface area contributed by atoms with Gasteiger partial charge in [0.05, 0.1) is 22.7 Å². The molecule has 0 aliphatic heterocycles. The third-order valence-corrected chi connectivity index (χ3v) is 5.12. The number of non-ortho nitro benzene ring substituents is 1. The highest BCUT2D eigenvalue weighted by atomic mass is 35.5. The lowest BCUT2D eigenvalue weighted by Gasteiger charge is -2.02. The van der Waals surface area contributed by atoms with Gasteiger partial charge in [-0.15, -0.1) is 0 Å². The van der Waals surface area contributed by atoms with Crippen LogP contribution >= 0.6 is 23.2 Å². The van der Waals surface area contributed by atoms with Crippen LogP contribution in [0.2, 0.25) is 10.0 Å². The van der Waals surface area contributed by atoms with Crippen LogP contribution < -0.4 is 5.43 Å². The molecule has 1 amide bonds. The van der Waals surface area contributed by atoms with Gasteiger partial charge in [0.1, 0.15) is 11.5 Å². The molecule has 2 aromatic heterocycles. The van der Waals surface area contributed by atoms with Gasteiger partial charge in [-0.25, -0.2) is 5.43 Å². The number of halogens is 2. The fraction of sp³-hybridized carbons (Fsp3) is 0.0455. The molecule has 0 unspecified atom stereocenters. The standard InChI is InChI=1S/C22H15Cl2N5O4/c23-15-3-1-14(2-4-15)13-28-10-9-20(27-28)22(30)26-25-12-17-6-8-21(33-17)18-11-16(29(31)32)5-7-19(18)24/h1-12H,13H2,(H,26,30)/b25-12-. The molecule has 4 aromatic rings. The van der Waals surface area contributed by atoms with E-state index >= 15 is 0 Å². The minimum Gasteiger partial charge on any atom is -0.455 e. The van der Waals surface area contributed by atoms with Gasteiger partial charge < -0.3 is 4.42 Å². The Morgan fingerprint density at radius 1 is 1.15 bits per heavy atom. The Hall–Kier alpha value is -3.95. The number of furan rings is 1. The molecule has 4 rings (SSSR count). The van der Waals surface area contributed by atoms with Crippen molar-refractivity contribution in [2.24, 2.45) is 5.10 Å². The van der Waals surface area contributed by atoms with Crippen LogP contribution in [0.15, 0.2) is 76.4 Å². The zero-order valence-electron chi connectivity index (χ0n) is 16.8. The normalized spacial score (nSPS) is 11.1. The fourth-order valence-electron chi connectivity index (χ4n) is 2.94. The van der Waals surface area contributed by atoms with Crippen LogP contribution in [0.3, 0.4) is 0 Å². The molecule has 1 N–H and O–H groups in total. The summed E-state index contributed by atoms with van der Waals surface area (Å²) in [5, 5.41) is 20.0. The number of nitrogens with one attached hydrogen (secondary N) is 1. The van der Waals surface area contributed by atoms with Crippen LogP contribution in [-0.2, 0) is 6.54 Å². The van der Waals surface area contributed by atoms with E-state index in [0.29, 0.717) is 33.7 Å². The molecule has 0 spiro atoms. The summed E-state index contributed by atoms with van der Waals surface area (Å²) >= 11 is 12.0. The number of nitro benzene ring substituents is 1. The van der Waals surface area contributed by atoms with Crippen molar-refractivity contribution in [3.05, 3.63) is 104 Å². The molecule has 0 saturated carbocycles. The zero-order chi connectivity index (χ0) is 23.4. The molecule has 0 aliphatic rings. The summed E-state index contributed by atoms with van der Waals surface area (Å²) in [6.45, 7) is 0.489. The van der Waals surface area contributed by atoms with Crippen molar-refractivity contribution in [2.45, 2.75) is 6.54 Å². The highest BCUT2D eigenvalue weighted by Gasteiger charge is 2.14. The van der Waals surface area contributed by atoms with Gasteiger partial charge in [0, 0.05) is 28.9 Å². The molecule has 0 radical (unpaired) electrons. The molecule has 9 nitrogen and oxygen atoms in total. The van der Waals surface area contributed by atoms with E-state index in [9.17, 15) is 14.9 Å². The number of nitrogens with zero attached hydrogens (tertiary/aromatic N) is 4. The Labute approximate surface area is 197 Å². The lowest BCUT2D eigenvalue weighted by Crippen LogP contribution is -2.18. The first-order valence-electron chi connectivity index (χ1n) is 9.54. The smallest absolute Gasteiger partial charge is 0.291 e. The van der Waals surface area contributed by atoms with Crippen molar-refractivity contribution >= 4 is 41.0 Å². The van der Waals surface area contributed by atoms with E-state index in [2.05, 4.69) is 15.6 Å². The number of hydrogen-bond acceptors (Lipinski definition) is 6. The van der Waals surface area contributed by atoms with Gasteiger partial charge in [-0.1, -0.05) is 35.3 Å². The van der Waals surface area contributed by atoms with Crippen LogP contribution in [0.4, 0.5) is 5.69 Å². The van der Waals surface area contributed by atoms with E-state index in [1.165, 1.54) is 24.4 Å². The third-order valence-electron chi connectivity index (χ3n) is 4.54. The summed E-state index contributed by atoms with van der Waals surface area (Å²) in [4.78, 5) is 22.8. The lowest BCUT2D eigenvalue weighted by atomic mass is 10.1. The minimum absolute atomic E-state index is 0.108. The van der Waals surface area contributed by atoms with Crippen LogP contribution in [0.1, 0.15) is 21.8 Å². The second-order valence-corrected chi connectivity index (χ2v) is 7.69. The van der Waals surface area contributed by atoms with Gasteiger partial charge in [-0.05, 0) is 42.0 Å². The van der Waals surface area contributed by atoms with Crippen molar-refractivity contribution in [3.8, 4) is 11.3 Å². The molecule has 2 aromatic carbocycles. The first kappa shape index (κ1) is 22.3. The molecular formula is C22H15Cl2N5O4. The summed E-state index contributed by atoms with van der Waals surface area (Å²) in [6.07, 6.45) is 2.99. The Morgan fingerprint density at radius 2 is 1.94 bits per heavy atom. The maximum absolute atomic E-state index is 12.3. The van der Waals surface area contributed by atoms with Crippen LogP contribution in [0, 0.1) is 10.1 Å². The number of rotatable bonds is 7. The van der Waals surface area contributed by atoms with E-state index in [0.717, 1.165) is 5.56 Å². The Kier molecular flexibility index (Phi) is 6.53. The van der Waals surface area contributed by atoms with E-state index in [4.69, 9.17) is 27.6 Å². The number of hydrogen-bond donors (Lipinski definition) is 1. The molecule has 33 heavy (non-hydrogen) atoms. The number of hydrazone groups is 1. The average molecular weight is 484 g/mol. The number of benzene rings is 2. The van der Waals surface area contributed by atoms with Gasteiger partial charge in [-0.3, -0.25) is 19.6 Å². The Morgan fingerprint density at radius 3 is 2.70 bits per heavy atom. The van der Waals surface area contributed by atoms with E-state index in [1.54, 1.807) is 41.2 Å². The predicted molar refractivity (Wildman–Crippen MR) is 124 cm³/mol. The summed E-state index contributed by atoms with van der Waals surface area (Å²) in [5.41, 5.74) is 3.84. The van der Waals surface area contributed by atoms with Crippen LogP contribution in [0.25, 0.3) is 11.3 Å². The molecule has 0 aliphatic carbocycles. The van der Waals surface area contributed by atoms with Gasteiger partial charge >= 0.3 is 0 Å². The summed E-state index contributed by atoms with van der Waals surface area (Å²) < 4.78 is 7.24. The monoisotopic (exact) mass is 483 g/mol. The SMILES string of the molecule is O=C(N/N=C\c1ccc(-c2cc([N+](=O)[O-])ccc2Cl)o1)c1ccn(Cc2ccc(Cl)cc2)n1.